The molecule has 94 valence electrons. The molecule has 0 fully saturated rings. The van der Waals surface area contributed by atoms with Crippen LogP contribution in [0.4, 0.5) is 5.69 Å². The summed E-state index contributed by atoms with van der Waals surface area (Å²) in [4.78, 5) is 2.31. The zero-order valence-electron chi connectivity index (χ0n) is 10.5. The van der Waals surface area contributed by atoms with Gasteiger partial charge in [-0.1, -0.05) is 18.2 Å². The summed E-state index contributed by atoms with van der Waals surface area (Å²) in [6, 6.07) is 8.47. The summed E-state index contributed by atoms with van der Waals surface area (Å²) < 4.78 is 10.5. The molecule has 0 atom stereocenters. The van der Waals surface area contributed by atoms with Gasteiger partial charge in [0.15, 0.2) is 6.29 Å². The Morgan fingerprint density at radius 3 is 2.82 bits per heavy atom. The second-order valence-corrected chi connectivity index (χ2v) is 4.15. The molecule has 0 amide bonds. The van der Waals surface area contributed by atoms with Crippen LogP contribution in [0, 0.1) is 0 Å². The monoisotopic (exact) mass is 236 g/mol. The van der Waals surface area contributed by atoms with E-state index in [1.807, 2.05) is 0 Å². The second kappa shape index (κ2) is 6.00. The topological polar surface area (TPSA) is 33.7 Å². The Labute approximate surface area is 103 Å². The molecule has 0 aromatic heterocycles. The van der Waals surface area contributed by atoms with E-state index in [4.69, 9.17) is 9.47 Å². The first-order valence-corrected chi connectivity index (χ1v) is 5.94. The quantitative estimate of drug-likeness (QED) is 0.797. The summed E-state index contributed by atoms with van der Waals surface area (Å²) in [5, 5.41) is 3.42. The van der Waals surface area contributed by atoms with E-state index in [0.717, 1.165) is 26.2 Å². The van der Waals surface area contributed by atoms with Crippen LogP contribution in [0.2, 0.25) is 0 Å². The van der Waals surface area contributed by atoms with Crippen molar-refractivity contribution in [3.63, 3.8) is 0 Å². The lowest BCUT2D eigenvalue weighted by Crippen LogP contribution is -2.37. The smallest absolute Gasteiger partial charge is 0.174 e. The van der Waals surface area contributed by atoms with Gasteiger partial charge in [0.2, 0.25) is 0 Å². The van der Waals surface area contributed by atoms with Gasteiger partial charge in [-0.3, -0.25) is 0 Å². The number of methoxy groups -OCH3 is 2. The van der Waals surface area contributed by atoms with E-state index in [-0.39, 0.29) is 6.29 Å². The number of nitrogens with zero attached hydrogens (tertiary/aromatic N) is 1. The molecule has 1 aliphatic rings. The molecule has 0 radical (unpaired) electrons. The number of ether oxygens (including phenoxy) is 2. The van der Waals surface area contributed by atoms with Crippen molar-refractivity contribution in [3.8, 4) is 0 Å². The summed E-state index contributed by atoms with van der Waals surface area (Å²) in [6.45, 7) is 3.64. The maximum absolute atomic E-state index is 5.27. The molecule has 1 aromatic rings. The highest BCUT2D eigenvalue weighted by Gasteiger charge is 2.17. The second-order valence-electron chi connectivity index (χ2n) is 4.15. The third-order valence-electron chi connectivity index (χ3n) is 3.10. The molecule has 0 saturated heterocycles. The minimum atomic E-state index is -0.179. The van der Waals surface area contributed by atoms with Crippen molar-refractivity contribution in [2.75, 3.05) is 38.8 Å². The van der Waals surface area contributed by atoms with Gasteiger partial charge in [0.25, 0.3) is 0 Å². The molecule has 2 rings (SSSR count). The first kappa shape index (κ1) is 12.4. The summed E-state index contributed by atoms with van der Waals surface area (Å²) in [5.41, 5.74) is 2.60. The SMILES string of the molecule is COC(CN1CCNCc2ccccc21)OC. The van der Waals surface area contributed by atoms with E-state index in [0.29, 0.717) is 0 Å². The van der Waals surface area contributed by atoms with Crippen LogP contribution < -0.4 is 10.2 Å². The molecule has 0 bridgehead atoms. The number of nitrogens with one attached hydrogen (secondary N) is 1. The van der Waals surface area contributed by atoms with Crippen molar-refractivity contribution in [1.29, 1.82) is 0 Å². The molecule has 1 heterocycles. The van der Waals surface area contributed by atoms with Crippen LogP contribution >= 0.6 is 0 Å². The zero-order valence-corrected chi connectivity index (χ0v) is 10.5. The molecule has 4 nitrogen and oxygen atoms in total. The van der Waals surface area contributed by atoms with Crippen LogP contribution in [0.3, 0.4) is 0 Å². The van der Waals surface area contributed by atoms with E-state index in [1.54, 1.807) is 14.2 Å². The van der Waals surface area contributed by atoms with Crippen molar-refractivity contribution in [2.24, 2.45) is 0 Å². The minimum absolute atomic E-state index is 0.179. The standard InChI is InChI=1S/C13H20N2O2/c1-16-13(17-2)10-15-8-7-14-9-11-5-3-4-6-12(11)15/h3-6,13-14H,7-10H2,1-2H3. The molecule has 0 spiro atoms. The lowest BCUT2D eigenvalue weighted by molar-refractivity contribution is -0.0948. The fourth-order valence-corrected chi connectivity index (χ4v) is 2.14. The average molecular weight is 236 g/mol. The van der Waals surface area contributed by atoms with Crippen LogP contribution in [0.1, 0.15) is 5.56 Å². The fourth-order valence-electron chi connectivity index (χ4n) is 2.14. The van der Waals surface area contributed by atoms with Crippen LogP contribution in [0.25, 0.3) is 0 Å². The molecule has 17 heavy (non-hydrogen) atoms. The predicted molar refractivity (Wildman–Crippen MR) is 68.2 cm³/mol. The largest absolute Gasteiger partial charge is 0.365 e. The van der Waals surface area contributed by atoms with Gasteiger partial charge >= 0.3 is 0 Å². The van der Waals surface area contributed by atoms with Crippen LogP contribution in [-0.4, -0.2) is 40.1 Å². The molecule has 0 saturated carbocycles. The maximum Gasteiger partial charge on any atom is 0.174 e. The van der Waals surface area contributed by atoms with E-state index in [1.165, 1.54) is 11.3 Å². The third kappa shape index (κ3) is 2.97. The summed E-state index contributed by atoms with van der Waals surface area (Å²) in [5.74, 6) is 0. The Kier molecular flexibility index (Phi) is 4.36. The summed E-state index contributed by atoms with van der Waals surface area (Å²) in [6.07, 6.45) is -0.179. The maximum atomic E-state index is 5.27. The Morgan fingerprint density at radius 2 is 2.06 bits per heavy atom. The summed E-state index contributed by atoms with van der Waals surface area (Å²) in [7, 11) is 3.35. The number of hydrogen-bond acceptors (Lipinski definition) is 4. The normalized spacial score (nSPS) is 15.8. The number of para-hydroxylation sites is 1. The Balaban J connectivity index is 2.16. The number of anilines is 1. The first-order chi connectivity index (χ1) is 8.35. The average Bonchev–Trinajstić information content (AvgIpc) is 2.58. The number of benzene rings is 1. The van der Waals surface area contributed by atoms with Gasteiger partial charge in [-0.25, -0.2) is 0 Å². The number of hydrogen-bond donors (Lipinski definition) is 1. The molecular weight excluding hydrogens is 216 g/mol. The van der Waals surface area contributed by atoms with Gasteiger partial charge in [0.1, 0.15) is 0 Å². The van der Waals surface area contributed by atoms with Crippen LogP contribution in [0.5, 0.6) is 0 Å². The molecule has 0 unspecified atom stereocenters. The van der Waals surface area contributed by atoms with Gasteiger partial charge in [-0.2, -0.15) is 0 Å². The molecule has 0 aliphatic carbocycles. The van der Waals surface area contributed by atoms with E-state index in [2.05, 4.69) is 34.5 Å². The highest BCUT2D eigenvalue weighted by Crippen LogP contribution is 2.22. The van der Waals surface area contributed by atoms with E-state index in [9.17, 15) is 0 Å². The Morgan fingerprint density at radius 1 is 1.29 bits per heavy atom. The van der Waals surface area contributed by atoms with E-state index < -0.39 is 0 Å². The first-order valence-electron chi connectivity index (χ1n) is 5.94. The molecule has 1 aromatic carbocycles. The van der Waals surface area contributed by atoms with Crippen molar-refractivity contribution in [3.05, 3.63) is 29.8 Å². The van der Waals surface area contributed by atoms with Gasteiger partial charge in [0.05, 0.1) is 6.54 Å². The lowest BCUT2D eigenvalue weighted by Gasteiger charge is -2.27. The van der Waals surface area contributed by atoms with Crippen molar-refractivity contribution >= 4 is 5.69 Å². The van der Waals surface area contributed by atoms with Crippen molar-refractivity contribution < 1.29 is 9.47 Å². The highest BCUT2D eigenvalue weighted by atomic mass is 16.7. The van der Waals surface area contributed by atoms with Gasteiger partial charge in [-0.05, 0) is 11.6 Å². The highest BCUT2D eigenvalue weighted by molar-refractivity contribution is 5.54. The van der Waals surface area contributed by atoms with Gasteiger partial charge in [-0.15, -0.1) is 0 Å². The third-order valence-corrected chi connectivity index (χ3v) is 3.10. The lowest BCUT2D eigenvalue weighted by atomic mass is 10.1. The van der Waals surface area contributed by atoms with E-state index >= 15 is 0 Å². The Hall–Kier alpha value is -1.10. The number of fused-ring (bicyclic) bond motifs is 1. The van der Waals surface area contributed by atoms with Gasteiger partial charge < -0.3 is 19.7 Å². The molecular formula is C13H20N2O2. The van der Waals surface area contributed by atoms with Crippen molar-refractivity contribution in [1.82, 2.24) is 5.32 Å². The minimum Gasteiger partial charge on any atom is -0.365 e. The van der Waals surface area contributed by atoms with Crippen LogP contribution in [0.15, 0.2) is 24.3 Å². The van der Waals surface area contributed by atoms with Crippen molar-refractivity contribution in [2.45, 2.75) is 12.8 Å². The summed E-state index contributed by atoms with van der Waals surface area (Å²) >= 11 is 0. The molecule has 1 aliphatic heterocycles. The van der Waals surface area contributed by atoms with Gasteiger partial charge in [0, 0.05) is 39.5 Å². The Bertz CT molecular complexity index is 353. The fraction of sp³-hybridized carbons (Fsp3) is 0.538. The zero-order chi connectivity index (χ0) is 12.1. The molecule has 4 heteroatoms. The van der Waals surface area contributed by atoms with Crippen LogP contribution in [-0.2, 0) is 16.0 Å². The predicted octanol–water partition coefficient (Wildman–Crippen LogP) is 1.22. The number of rotatable bonds is 4. The molecule has 1 N–H and O–H groups in total.